The van der Waals surface area contributed by atoms with Crippen LogP contribution in [0.2, 0.25) is 0 Å². The van der Waals surface area contributed by atoms with Crippen molar-refractivity contribution in [3.63, 3.8) is 0 Å². The van der Waals surface area contributed by atoms with Gasteiger partial charge in [-0.2, -0.15) is 0 Å². The molecule has 5 heteroatoms. The fourth-order valence-corrected chi connectivity index (χ4v) is 10.3. The van der Waals surface area contributed by atoms with E-state index in [0.717, 1.165) is 37.7 Å². The first kappa shape index (κ1) is 28.0. The third-order valence-corrected chi connectivity index (χ3v) is 12.2. The topological polar surface area (TPSA) is 78.8 Å². The first-order valence-electron chi connectivity index (χ1n) is 15.5. The van der Waals surface area contributed by atoms with E-state index in [-0.39, 0.29) is 29.1 Å². The van der Waals surface area contributed by atoms with Crippen molar-refractivity contribution in [3.8, 4) is 0 Å². The van der Waals surface area contributed by atoms with Gasteiger partial charge in [-0.3, -0.25) is 0 Å². The highest BCUT2D eigenvalue weighted by Crippen LogP contribution is 2.69. The van der Waals surface area contributed by atoms with Gasteiger partial charge in [-0.25, -0.2) is 4.79 Å². The molecular formula is C33H51NO4. The Balaban J connectivity index is 1.21. The molecule has 0 aliphatic heterocycles. The Bertz CT molecular complexity index is 954. The number of fused-ring (bicyclic) bond motifs is 5. The molecule has 0 heterocycles. The molecule has 1 aromatic carbocycles. The number of hydrogen-bond acceptors (Lipinski definition) is 4. The quantitative estimate of drug-likeness (QED) is 0.376. The van der Waals surface area contributed by atoms with E-state index in [1.807, 2.05) is 30.3 Å². The number of ether oxygens (including phenoxy) is 1. The molecular weight excluding hydrogens is 474 g/mol. The van der Waals surface area contributed by atoms with E-state index in [1.165, 1.54) is 25.7 Å². The lowest BCUT2D eigenvalue weighted by Gasteiger charge is -2.64. The van der Waals surface area contributed by atoms with Crippen LogP contribution < -0.4 is 5.32 Å². The van der Waals surface area contributed by atoms with Crippen LogP contribution in [0.3, 0.4) is 0 Å². The second-order valence-electron chi connectivity index (χ2n) is 13.9. The summed E-state index contributed by atoms with van der Waals surface area (Å²) in [6.45, 7) is 10.6. The van der Waals surface area contributed by atoms with Crippen molar-refractivity contribution in [1.29, 1.82) is 0 Å². The first-order chi connectivity index (χ1) is 18.2. The van der Waals surface area contributed by atoms with Gasteiger partial charge in [0.15, 0.2) is 0 Å². The van der Waals surface area contributed by atoms with Gasteiger partial charge in [0.25, 0.3) is 0 Å². The summed E-state index contributed by atoms with van der Waals surface area (Å²) in [6, 6.07) is 9.91. The van der Waals surface area contributed by atoms with Crippen molar-refractivity contribution in [2.45, 2.75) is 104 Å². The number of aliphatic hydroxyl groups is 2. The summed E-state index contributed by atoms with van der Waals surface area (Å²) >= 11 is 0. The molecule has 0 bridgehead atoms. The fourth-order valence-electron chi connectivity index (χ4n) is 10.3. The van der Waals surface area contributed by atoms with Crippen molar-refractivity contribution in [1.82, 2.24) is 5.32 Å². The van der Waals surface area contributed by atoms with E-state index in [1.54, 1.807) is 0 Å². The minimum Gasteiger partial charge on any atom is -0.450 e. The maximum Gasteiger partial charge on any atom is 0.407 e. The molecule has 1 amide bonds. The molecule has 4 aliphatic rings. The van der Waals surface area contributed by atoms with Crippen LogP contribution in [0, 0.1) is 52.3 Å². The average Bonchev–Trinajstić information content (AvgIpc) is 3.26. The summed E-state index contributed by atoms with van der Waals surface area (Å²) in [7, 11) is 0. The summed E-state index contributed by atoms with van der Waals surface area (Å²) in [6.07, 6.45) is 8.88. The largest absolute Gasteiger partial charge is 0.450 e. The number of rotatable bonds is 7. The van der Waals surface area contributed by atoms with E-state index >= 15 is 0 Å². The van der Waals surface area contributed by atoms with Gasteiger partial charge in [-0.05, 0) is 109 Å². The van der Waals surface area contributed by atoms with Gasteiger partial charge in [0.2, 0.25) is 0 Å². The first-order valence-corrected chi connectivity index (χ1v) is 15.5. The smallest absolute Gasteiger partial charge is 0.407 e. The SMILES string of the molecule is CC[C@@H]1C2C[C@H](O)CC[C@]2(C)[C@H]2CCC3(C)[C@@H]([C@H](C)CCOC(=O)NCc4ccccc4)CC[C@H]3C2[C@@H]1O. The fraction of sp³-hybridized carbons (Fsp3) is 0.788. The highest BCUT2D eigenvalue weighted by molar-refractivity contribution is 5.67. The van der Waals surface area contributed by atoms with Crippen molar-refractivity contribution < 1.29 is 19.7 Å². The van der Waals surface area contributed by atoms with E-state index in [9.17, 15) is 15.0 Å². The number of amides is 1. The number of carbonyl (C=O) groups is 1. The van der Waals surface area contributed by atoms with Gasteiger partial charge >= 0.3 is 6.09 Å². The number of aliphatic hydroxyl groups excluding tert-OH is 2. The maximum absolute atomic E-state index is 12.3. The molecule has 11 atom stereocenters. The van der Waals surface area contributed by atoms with Gasteiger partial charge in [-0.15, -0.1) is 0 Å². The van der Waals surface area contributed by atoms with Gasteiger partial charge in [0, 0.05) is 6.54 Å². The minimum atomic E-state index is -0.339. The van der Waals surface area contributed by atoms with Crippen molar-refractivity contribution in [3.05, 3.63) is 35.9 Å². The number of alkyl carbamates (subject to hydrolysis) is 1. The highest BCUT2D eigenvalue weighted by atomic mass is 16.5. The lowest BCUT2D eigenvalue weighted by molar-refractivity contribution is -0.203. The van der Waals surface area contributed by atoms with Gasteiger partial charge in [-0.1, -0.05) is 64.4 Å². The molecule has 0 radical (unpaired) electrons. The molecule has 1 aromatic rings. The summed E-state index contributed by atoms with van der Waals surface area (Å²) < 4.78 is 5.57. The Morgan fingerprint density at radius 1 is 1.03 bits per heavy atom. The Morgan fingerprint density at radius 3 is 2.47 bits per heavy atom. The monoisotopic (exact) mass is 525 g/mol. The number of benzene rings is 1. The molecule has 0 spiro atoms. The standard InChI is InChI=1S/C33H51NO4/c1-5-24-28-19-23(35)13-16-33(28,4)27-14-17-32(3)25(11-12-26(32)29(27)30(24)36)21(2)15-18-38-31(37)34-20-22-9-7-6-8-10-22/h6-10,21,23-30,35-36H,5,11-20H2,1-4H3,(H,34,37)/t21-,23-,24-,25-,26+,27+,28?,29?,30-,32?,33-/m1/s1. The van der Waals surface area contributed by atoms with Crippen molar-refractivity contribution >= 4 is 6.09 Å². The molecule has 5 rings (SSSR count). The van der Waals surface area contributed by atoms with Gasteiger partial charge in [0.1, 0.15) is 0 Å². The van der Waals surface area contributed by atoms with Crippen LogP contribution in [0.15, 0.2) is 30.3 Å². The Kier molecular flexibility index (Phi) is 8.18. The van der Waals surface area contributed by atoms with E-state index in [0.29, 0.717) is 54.6 Å². The van der Waals surface area contributed by atoms with E-state index < -0.39 is 0 Å². The highest BCUT2D eigenvalue weighted by Gasteiger charge is 2.64. The van der Waals surface area contributed by atoms with Crippen LogP contribution in [0.25, 0.3) is 0 Å². The lowest BCUT2D eigenvalue weighted by atomic mass is 9.41. The molecule has 3 N–H and O–H groups in total. The molecule has 3 unspecified atom stereocenters. The molecule has 0 aromatic heterocycles. The van der Waals surface area contributed by atoms with Crippen LogP contribution >= 0.6 is 0 Å². The van der Waals surface area contributed by atoms with Crippen LogP contribution in [0.5, 0.6) is 0 Å². The minimum absolute atomic E-state index is 0.195. The Hall–Kier alpha value is -1.59. The molecule has 5 nitrogen and oxygen atoms in total. The zero-order valence-electron chi connectivity index (χ0n) is 24.1. The molecule has 212 valence electrons. The normalized spacial score (nSPS) is 42.9. The third kappa shape index (κ3) is 4.91. The maximum atomic E-state index is 12.3. The summed E-state index contributed by atoms with van der Waals surface area (Å²) in [4.78, 5) is 12.3. The summed E-state index contributed by atoms with van der Waals surface area (Å²) in [5.74, 6) is 3.36. The van der Waals surface area contributed by atoms with Crippen LogP contribution in [-0.4, -0.2) is 35.1 Å². The molecule has 4 fully saturated rings. The molecule has 4 saturated carbocycles. The zero-order valence-corrected chi connectivity index (χ0v) is 24.1. The van der Waals surface area contributed by atoms with Crippen molar-refractivity contribution in [2.24, 2.45) is 52.3 Å². The zero-order chi connectivity index (χ0) is 27.1. The summed E-state index contributed by atoms with van der Waals surface area (Å²) in [5.41, 5.74) is 1.56. The molecule has 4 aliphatic carbocycles. The van der Waals surface area contributed by atoms with Crippen LogP contribution in [0.1, 0.15) is 91.0 Å². The van der Waals surface area contributed by atoms with Crippen LogP contribution in [-0.2, 0) is 11.3 Å². The number of carbonyl (C=O) groups excluding carboxylic acids is 1. The second kappa shape index (κ2) is 11.1. The van der Waals surface area contributed by atoms with E-state index in [2.05, 4.69) is 33.0 Å². The Labute approximate surface area is 230 Å². The van der Waals surface area contributed by atoms with Crippen LogP contribution in [0.4, 0.5) is 4.79 Å². The van der Waals surface area contributed by atoms with Crippen molar-refractivity contribution in [2.75, 3.05) is 6.61 Å². The Morgan fingerprint density at radius 2 is 1.74 bits per heavy atom. The summed E-state index contributed by atoms with van der Waals surface area (Å²) in [5, 5.41) is 25.3. The average molecular weight is 526 g/mol. The van der Waals surface area contributed by atoms with E-state index in [4.69, 9.17) is 4.74 Å². The number of hydrogen-bond donors (Lipinski definition) is 3. The molecule has 0 saturated heterocycles. The van der Waals surface area contributed by atoms with Gasteiger partial charge in [0.05, 0.1) is 18.8 Å². The predicted octanol–water partition coefficient (Wildman–Crippen LogP) is 6.57. The van der Waals surface area contributed by atoms with Gasteiger partial charge < -0.3 is 20.3 Å². The lowest BCUT2D eigenvalue weighted by Crippen LogP contribution is -2.62. The number of nitrogens with one attached hydrogen (secondary N) is 1. The molecule has 38 heavy (non-hydrogen) atoms. The predicted molar refractivity (Wildman–Crippen MR) is 150 cm³/mol. The third-order valence-electron chi connectivity index (χ3n) is 12.2. The second-order valence-corrected chi connectivity index (χ2v) is 13.9.